The molecule has 11 heteroatoms. The maximum absolute atomic E-state index is 12.8. The van der Waals surface area contributed by atoms with E-state index in [4.69, 9.17) is 0 Å². The molecule has 32 heavy (non-hydrogen) atoms. The van der Waals surface area contributed by atoms with Crippen molar-refractivity contribution in [1.29, 1.82) is 0 Å². The normalized spacial score (nSPS) is 14.2. The van der Waals surface area contributed by atoms with Gasteiger partial charge >= 0.3 is 5.69 Å². The average Bonchev–Trinajstić information content (AvgIpc) is 3.42. The minimum Gasteiger partial charge on any atom is -0.368 e. The summed E-state index contributed by atoms with van der Waals surface area (Å²) in [5.41, 5.74) is 2.51. The van der Waals surface area contributed by atoms with Gasteiger partial charge in [-0.2, -0.15) is 0 Å². The number of rotatable bonds is 5. The zero-order chi connectivity index (χ0) is 22.1. The van der Waals surface area contributed by atoms with Gasteiger partial charge in [-0.3, -0.25) is 4.79 Å². The average molecular weight is 451 g/mol. The predicted octanol–water partition coefficient (Wildman–Crippen LogP) is 1.62. The first-order valence-electron chi connectivity index (χ1n) is 10.3. The van der Waals surface area contributed by atoms with Crippen molar-refractivity contribution >= 4 is 39.5 Å². The highest BCUT2D eigenvalue weighted by atomic mass is 32.1. The fourth-order valence-electron chi connectivity index (χ4n) is 3.77. The van der Waals surface area contributed by atoms with E-state index in [-0.39, 0.29) is 18.1 Å². The number of piperazine rings is 1. The van der Waals surface area contributed by atoms with Crippen LogP contribution < -0.4 is 20.8 Å². The molecule has 0 saturated carbocycles. The fourth-order valence-corrected chi connectivity index (χ4v) is 4.32. The van der Waals surface area contributed by atoms with Gasteiger partial charge in [-0.25, -0.2) is 23.8 Å². The lowest BCUT2D eigenvalue weighted by atomic mass is 10.2. The molecular weight excluding hydrogens is 428 g/mol. The van der Waals surface area contributed by atoms with Crippen LogP contribution in [-0.4, -0.2) is 56.2 Å². The molecule has 10 nitrogen and oxygen atoms in total. The Morgan fingerprint density at radius 1 is 1.06 bits per heavy atom. The van der Waals surface area contributed by atoms with E-state index in [0.717, 1.165) is 30.9 Å². The Labute approximate surface area is 187 Å². The van der Waals surface area contributed by atoms with Gasteiger partial charge in [-0.1, -0.05) is 17.7 Å². The molecule has 0 bridgehead atoms. The minimum atomic E-state index is -0.378. The molecule has 0 radical (unpaired) electrons. The molecule has 1 fully saturated rings. The number of nitrogens with one attached hydrogen (secondary N) is 1. The summed E-state index contributed by atoms with van der Waals surface area (Å²) in [6, 6.07) is 8.52. The molecule has 3 aromatic heterocycles. The molecule has 1 aromatic carbocycles. The van der Waals surface area contributed by atoms with Crippen molar-refractivity contribution in [2.24, 2.45) is 0 Å². The summed E-state index contributed by atoms with van der Waals surface area (Å²) in [6.07, 6.45) is 4.78. The van der Waals surface area contributed by atoms with E-state index >= 15 is 0 Å². The van der Waals surface area contributed by atoms with Crippen LogP contribution in [0.2, 0.25) is 0 Å². The molecule has 0 atom stereocenters. The Bertz CT molecular complexity index is 1290. The van der Waals surface area contributed by atoms with E-state index in [1.165, 1.54) is 27.0 Å². The molecule has 0 aliphatic carbocycles. The SMILES string of the molecule is Cc1ccc(N2CCN(c3nccn4c(=O)n(CC(=O)Nc5nccs5)nc34)CC2)cc1. The Morgan fingerprint density at radius 3 is 2.53 bits per heavy atom. The Kier molecular flexibility index (Phi) is 5.31. The summed E-state index contributed by atoms with van der Waals surface area (Å²) in [6.45, 7) is 5.08. The molecule has 1 N–H and O–H groups in total. The molecule has 1 amide bonds. The van der Waals surface area contributed by atoms with Crippen molar-refractivity contribution in [1.82, 2.24) is 24.1 Å². The van der Waals surface area contributed by atoms with Gasteiger partial charge in [-0.15, -0.1) is 16.4 Å². The second-order valence-electron chi connectivity index (χ2n) is 7.58. The molecular formula is C21H22N8O2S. The van der Waals surface area contributed by atoms with Gasteiger partial charge in [0.25, 0.3) is 0 Å². The highest BCUT2D eigenvalue weighted by molar-refractivity contribution is 7.13. The summed E-state index contributed by atoms with van der Waals surface area (Å²) in [5.74, 6) is 0.291. The van der Waals surface area contributed by atoms with Crippen LogP contribution in [0.5, 0.6) is 0 Å². The number of aromatic nitrogens is 5. The van der Waals surface area contributed by atoms with E-state index in [1.807, 2.05) is 0 Å². The molecule has 1 saturated heterocycles. The number of hydrogen-bond acceptors (Lipinski definition) is 8. The first kappa shape index (κ1) is 20.2. The maximum atomic E-state index is 12.8. The third-order valence-electron chi connectivity index (χ3n) is 5.43. The highest BCUT2D eigenvalue weighted by Crippen LogP contribution is 2.21. The van der Waals surface area contributed by atoms with Crippen LogP contribution in [0.3, 0.4) is 0 Å². The molecule has 0 spiro atoms. The number of anilines is 3. The van der Waals surface area contributed by atoms with Crippen LogP contribution in [0.4, 0.5) is 16.6 Å². The van der Waals surface area contributed by atoms with Crippen molar-refractivity contribution in [2.75, 3.05) is 41.3 Å². The Balaban J connectivity index is 1.33. The first-order chi connectivity index (χ1) is 15.6. The number of aryl methyl sites for hydroxylation is 1. The van der Waals surface area contributed by atoms with Crippen molar-refractivity contribution in [3.05, 3.63) is 64.3 Å². The molecule has 4 heterocycles. The lowest BCUT2D eigenvalue weighted by molar-refractivity contribution is -0.117. The largest absolute Gasteiger partial charge is 0.368 e. The summed E-state index contributed by atoms with van der Waals surface area (Å²) < 4.78 is 2.59. The number of benzene rings is 1. The lowest BCUT2D eigenvalue weighted by Gasteiger charge is -2.36. The van der Waals surface area contributed by atoms with E-state index in [2.05, 4.69) is 61.4 Å². The summed E-state index contributed by atoms with van der Waals surface area (Å²) in [4.78, 5) is 38.1. The molecule has 164 valence electrons. The number of thiazole rings is 1. The number of fused-ring (bicyclic) bond motifs is 1. The van der Waals surface area contributed by atoms with Gasteiger partial charge in [0.05, 0.1) is 0 Å². The van der Waals surface area contributed by atoms with Crippen LogP contribution in [0, 0.1) is 6.92 Å². The van der Waals surface area contributed by atoms with Crippen LogP contribution in [0.25, 0.3) is 5.65 Å². The fraction of sp³-hybridized carbons (Fsp3) is 0.286. The summed E-state index contributed by atoms with van der Waals surface area (Å²) in [7, 11) is 0. The van der Waals surface area contributed by atoms with E-state index in [1.54, 1.807) is 24.0 Å². The van der Waals surface area contributed by atoms with E-state index < -0.39 is 0 Å². The van der Waals surface area contributed by atoms with Gasteiger partial charge in [0.2, 0.25) is 11.6 Å². The standard InChI is InChI=1S/C21H22N8O2S/c1-15-2-4-16(5-3-15)26-9-11-27(12-10-26)18-19-25-29(21(31)28(19)8-6-22-18)14-17(30)24-20-23-7-13-32-20/h2-8,13H,9-12,14H2,1H3,(H,23,24,30). The molecule has 1 aliphatic heterocycles. The zero-order valence-electron chi connectivity index (χ0n) is 17.5. The van der Waals surface area contributed by atoms with Crippen molar-refractivity contribution in [3.63, 3.8) is 0 Å². The van der Waals surface area contributed by atoms with Crippen LogP contribution >= 0.6 is 11.3 Å². The van der Waals surface area contributed by atoms with Gasteiger partial charge in [-0.05, 0) is 19.1 Å². The summed E-state index contributed by atoms with van der Waals surface area (Å²) >= 11 is 1.31. The Hall–Kier alpha value is -3.73. The maximum Gasteiger partial charge on any atom is 0.350 e. The third kappa shape index (κ3) is 3.94. The van der Waals surface area contributed by atoms with Gasteiger partial charge in [0.1, 0.15) is 6.54 Å². The lowest BCUT2D eigenvalue weighted by Crippen LogP contribution is -2.47. The van der Waals surface area contributed by atoms with Gasteiger partial charge in [0, 0.05) is 55.8 Å². The van der Waals surface area contributed by atoms with Crippen LogP contribution in [0.15, 0.2) is 53.0 Å². The quantitative estimate of drug-likeness (QED) is 0.493. The minimum absolute atomic E-state index is 0.194. The predicted molar refractivity (Wildman–Crippen MR) is 124 cm³/mol. The topological polar surface area (TPSA) is 101 Å². The van der Waals surface area contributed by atoms with Crippen molar-refractivity contribution < 1.29 is 4.79 Å². The third-order valence-corrected chi connectivity index (χ3v) is 6.12. The molecule has 4 aromatic rings. The smallest absolute Gasteiger partial charge is 0.350 e. The second kappa shape index (κ2) is 8.42. The number of hydrogen-bond donors (Lipinski definition) is 1. The first-order valence-corrected chi connectivity index (χ1v) is 11.2. The van der Waals surface area contributed by atoms with E-state index in [9.17, 15) is 9.59 Å². The Morgan fingerprint density at radius 2 is 1.81 bits per heavy atom. The van der Waals surface area contributed by atoms with Gasteiger partial charge in [0.15, 0.2) is 10.9 Å². The molecule has 1 aliphatic rings. The second-order valence-corrected chi connectivity index (χ2v) is 8.47. The number of carbonyl (C=O) groups is 1. The monoisotopic (exact) mass is 450 g/mol. The summed E-state index contributed by atoms with van der Waals surface area (Å²) in [5, 5.41) is 9.34. The van der Waals surface area contributed by atoms with Crippen molar-refractivity contribution in [3.8, 4) is 0 Å². The van der Waals surface area contributed by atoms with Crippen LogP contribution in [-0.2, 0) is 11.3 Å². The molecule has 5 rings (SSSR count). The highest BCUT2D eigenvalue weighted by Gasteiger charge is 2.23. The zero-order valence-corrected chi connectivity index (χ0v) is 18.3. The van der Waals surface area contributed by atoms with E-state index in [0.29, 0.717) is 16.6 Å². The number of nitrogens with zero attached hydrogens (tertiary/aromatic N) is 7. The van der Waals surface area contributed by atoms with Crippen molar-refractivity contribution in [2.45, 2.75) is 13.5 Å². The number of carbonyl (C=O) groups excluding carboxylic acids is 1. The number of amides is 1. The van der Waals surface area contributed by atoms with Gasteiger partial charge < -0.3 is 15.1 Å². The molecule has 0 unspecified atom stereocenters. The van der Waals surface area contributed by atoms with Crippen LogP contribution in [0.1, 0.15) is 5.56 Å².